The van der Waals surface area contributed by atoms with Gasteiger partial charge in [-0.15, -0.1) is 0 Å². The Balaban J connectivity index is 1.48. The molecule has 0 saturated carbocycles. The van der Waals surface area contributed by atoms with Gasteiger partial charge in [-0.2, -0.15) is 0 Å². The molecule has 3 saturated heterocycles. The maximum Gasteiger partial charge on any atom is 0.408 e. The number of alkyl carbamates (subject to hydrolysis) is 1. The molecular weight excluding hydrogens is 761 g/mol. The number of ether oxygens (including phenoxy) is 5. The molecule has 3 fully saturated rings. The molecule has 15 nitrogen and oxygen atoms in total. The monoisotopic (exact) mass is 820 g/mol. The molecule has 3 aliphatic rings. The first-order valence-corrected chi connectivity index (χ1v) is 20.5. The lowest BCUT2D eigenvalue weighted by molar-refractivity contribution is -0.278. The Morgan fingerprint density at radius 3 is 2.42 bits per heavy atom. The molecule has 0 spiro atoms. The van der Waals surface area contributed by atoms with Crippen molar-refractivity contribution >= 4 is 35.7 Å². The molecule has 0 radical (unpaired) electrons. The second-order valence-electron chi connectivity index (χ2n) is 16.8. The third-order valence-corrected chi connectivity index (χ3v) is 12.3. The molecule has 3 unspecified atom stereocenters. The minimum atomic E-state index is -1.72. The number of aliphatic hydroxyl groups excluding tert-OH is 1. The highest BCUT2D eigenvalue weighted by Gasteiger charge is 2.57. The maximum absolute atomic E-state index is 14.4. The maximum atomic E-state index is 14.4. The van der Waals surface area contributed by atoms with E-state index in [1.54, 1.807) is 66.1 Å². The third-order valence-electron chi connectivity index (χ3n) is 12.3. The summed E-state index contributed by atoms with van der Waals surface area (Å²) >= 11 is 0. The van der Waals surface area contributed by atoms with Gasteiger partial charge in [0.05, 0.1) is 13.0 Å². The highest BCUT2D eigenvalue weighted by atomic mass is 16.7. The van der Waals surface area contributed by atoms with Crippen molar-refractivity contribution in [3.8, 4) is 11.4 Å². The van der Waals surface area contributed by atoms with E-state index >= 15 is 0 Å². The van der Waals surface area contributed by atoms with Gasteiger partial charge in [0.15, 0.2) is 17.9 Å². The fourth-order valence-corrected chi connectivity index (χ4v) is 8.99. The molecule has 1 aromatic carbocycles. The quantitative estimate of drug-likeness (QED) is 0.199. The van der Waals surface area contributed by atoms with E-state index in [0.717, 1.165) is 11.1 Å². The predicted molar refractivity (Wildman–Crippen MR) is 216 cm³/mol. The number of nitrogens with one attached hydrogen (secondary N) is 1. The number of amides is 1. The highest BCUT2D eigenvalue weighted by molar-refractivity contribution is 6.00. The summed E-state index contributed by atoms with van der Waals surface area (Å²) in [7, 11) is 3.65. The zero-order chi connectivity index (χ0) is 43.2. The number of nitrogens with zero attached hydrogens (tertiary/aromatic N) is 3. The molecule has 1 amide bonds. The van der Waals surface area contributed by atoms with Crippen molar-refractivity contribution in [1.82, 2.24) is 20.2 Å². The van der Waals surface area contributed by atoms with Crippen LogP contribution in [0.1, 0.15) is 79.7 Å². The van der Waals surface area contributed by atoms with Crippen LogP contribution in [0.5, 0.6) is 0 Å². The van der Waals surface area contributed by atoms with Gasteiger partial charge in [-0.1, -0.05) is 58.0 Å². The van der Waals surface area contributed by atoms with Crippen molar-refractivity contribution in [3.05, 3.63) is 54.4 Å². The van der Waals surface area contributed by atoms with Crippen LogP contribution in [-0.2, 0) is 42.9 Å². The number of aromatic nitrogens is 2. The van der Waals surface area contributed by atoms with Crippen LogP contribution in [-0.4, -0.2) is 119 Å². The number of carbonyl (C=O) groups excluding carboxylic acids is 5. The molecule has 12 atom stereocenters. The largest absolute Gasteiger partial charge is 0.458 e. The number of carbonyl (C=O) groups is 5. The van der Waals surface area contributed by atoms with Crippen LogP contribution < -0.4 is 5.32 Å². The van der Waals surface area contributed by atoms with E-state index in [-0.39, 0.29) is 44.2 Å². The summed E-state index contributed by atoms with van der Waals surface area (Å²) in [6.07, 6.45) is 1.95. The van der Waals surface area contributed by atoms with E-state index in [1.807, 2.05) is 49.3 Å². The molecule has 0 aliphatic carbocycles. The highest BCUT2D eigenvalue weighted by Crippen LogP contribution is 2.45. The predicted octanol–water partition coefficient (Wildman–Crippen LogP) is 4.79. The third kappa shape index (κ3) is 10.2. The van der Waals surface area contributed by atoms with Crippen molar-refractivity contribution in [2.45, 2.75) is 116 Å². The van der Waals surface area contributed by atoms with Gasteiger partial charge in [0.1, 0.15) is 41.2 Å². The van der Waals surface area contributed by atoms with Gasteiger partial charge in [0.25, 0.3) is 0 Å². The van der Waals surface area contributed by atoms with Crippen LogP contribution in [0.25, 0.3) is 17.5 Å². The SMILES string of the molecule is CC[C@H]1OC(=O)[C@H](C)C(=O)[C@H](C)[C@@H](OC2OCC[C@H](N(C)C)[C@H]2O)[C@](C)(OC(=O)NC/C=C/c2cccc(-c3ncccn3)c2)C[C@@H](C)C(=O)C(C)C2CC(=O)O[C@@]21C. The van der Waals surface area contributed by atoms with Crippen molar-refractivity contribution in [3.63, 3.8) is 0 Å². The number of hydrogen-bond donors (Lipinski definition) is 2. The molecule has 59 heavy (non-hydrogen) atoms. The van der Waals surface area contributed by atoms with Crippen LogP contribution in [0.2, 0.25) is 0 Å². The molecule has 322 valence electrons. The zero-order valence-corrected chi connectivity index (χ0v) is 35.6. The summed E-state index contributed by atoms with van der Waals surface area (Å²) in [5, 5.41) is 14.2. The second kappa shape index (κ2) is 19.2. The van der Waals surface area contributed by atoms with Crippen molar-refractivity contribution in [2.24, 2.45) is 29.6 Å². The molecule has 2 N–H and O–H groups in total. The summed E-state index contributed by atoms with van der Waals surface area (Å²) in [6, 6.07) is 8.97. The van der Waals surface area contributed by atoms with Gasteiger partial charge in [-0.05, 0) is 71.8 Å². The molecule has 15 heteroatoms. The minimum absolute atomic E-state index is 0.0528. The van der Waals surface area contributed by atoms with E-state index in [0.29, 0.717) is 12.2 Å². The molecule has 1 aromatic heterocycles. The number of hydrogen-bond acceptors (Lipinski definition) is 14. The average molecular weight is 821 g/mol. The lowest BCUT2D eigenvalue weighted by atomic mass is 9.70. The topological polar surface area (TPSA) is 193 Å². The molecule has 3 aliphatic heterocycles. The first-order chi connectivity index (χ1) is 27.9. The summed E-state index contributed by atoms with van der Waals surface area (Å²) in [4.78, 5) is 79.8. The molecule has 0 bridgehead atoms. The van der Waals surface area contributed by atoms with Crippen molar-refractivity contribution < 1.29 is 52.8 Å². The standard InChI is InChI=1S/C44H60N4O11/c1-10-33-44(7)31(23-34(49)58-44)26(3)35(50)25(2)24-43(6,59-42(54)47-18-12-15-29-14-11-16-30(22-29)39-45-19-13-20-46-39)38(27(4)36(51)28(5)40(53)56-33)57-41-37(52)32(48(8)9)17-21-55-41/h11-16,19-20,22,25-28,31-33,37-38,41,52H,10,17-18,21,23-24H2,1-9H3,(H,47,54)/b15-12+/t25-,26?,27+,28-,31?,32+,33-,37-,38-,41?,43-,44+/m1/s1. The lowest BCUT2D eigenvalue weighted by Gasteiger charge is -2.46. The van der Waals surface area contributed by atoms with E-state index in [2.05, 4.69) is 15.3 Å². The number of benzene rings is 1. The van der Waals surface area contributed by atoms with E-state index in [4.69, 9.17) is 23.7 Å². The van der Waals surface area contributed by atoms with Crippen LogP contribution in [0.3, 0.4) is 0 Å². The van der Waals surface area contributed by atoms with Gasteiger partial charge < -0.3 is 39.0 Å². The summed E-state index contributed by atoms with van der Waals surface area (Å²) in [5.41, 5.74) is -1.39. The molecular formula is C44H60N4O11. The Bertz CT molecular complexity index is 1860. The lowest BCUT2D eigenvalue weighted by Crippen LogP contribution is -2.59. The molecule has 4 heterocycles. The second-order valence-corrected chi connectivity index (χ2v) is 16.8. The van der Waals surface area contributed by atoms with Gasteiger partial charge in [-0.3, -0.25) is 19.2 Å². The van der Waals surface area contributed by atoms with Gasteiger partial charge in [-0.25, -0.2) is 14.8 Å². The van der Waals surface area contributed by atoms with E-state index < -0.39 is 89.2 Å². The first kappa shape index (κ1) is 45.5. The summed E-state index contributed by atoms with van der Waals surface area (Å²) in [6.45, 7) is 11.7. The van der Waals surface area contributed by atoms with Crippen LogP contribution in [0.4, 0.5) is 4.79 Å². The number of Topliss-reactive ketones (excluding diaryl/α,β-unsaturated/α-hetero) is 2. The summed E-state index contributed by atoms with van der Waals surface area (Å²) in [5.74, 6) is -6.27. The van der Waals surface area contributed by atoms with Gasteiger partial charge in [0.2, 0.25) is 0 Å². The Kier molecular flexibility index (Phi) is 14.8. The van der Waals surface area contributed by atoms with Crippen molar-refractivity contribution in [1.29, 1.82) is 0 Å². The number of fused-ring (bicyclic) bond motifs is 1. The number of esters is 2. The van der Waals surface area contributed by atoms with Crippen LogP contribution >= 0.6 is 0 Å². The van der Waals surface area contributed by atoms with Crippen LogP contribution in [0, 0.1) is 29.6 Å². The fraction of sp³-hybridized carbons (Fsp3) is 0.614. The number of rotatable bonds is 9. The zero-order valence-electron chi connectivity index (χ0n) is 35.6. The van der Waals surface area contributed by atoms with E-state index in [1.165, 1.54) is 6.92 Å². The average Bonchev–Trinajstić information content (AvgIpc) is 3.53. The Labute approximate surface area is 346 Å². The van der Waals surface area contributed by atoms with Gasteiger partial charge >= 0.3 is 18.0 Å². The number of aliphatic hydroxyl groups is 1. The van der Waals surface area contributed by atoms with Crippen LogP contribution in [0.15, 0.2) is 48.8 Å². The Morgan fingerprint density at radius 2 is 1.75 bits per heavy atom. The Morgan fingerprint density at radius 1 is 1.03 bits per heavy atom. The number of ketones is 2. The van der Waals surface area contributed by atoms with Gasteiger partial charge in [0, 0.05) is 54.2 Å². The summed E-state index contributed by atoms with van der Waals surface area (Å²) < 4.78 is 30.6. The fourth-order valence-electron chi connectivity index (χ4n) is 8.99. The molecule has 5 rings (SSSR count). The van der Waals surface area contributed by atoms with E-state index in [9.17, 15) is 29.1 Å². The minimum Gasteiger partial charge on any atom is -0.458 e. The normalized spacial score (nSPS) is 34.8. The smallest absolute Gasteiger partial charge is 0.408 e. The number of likely N-dealkylation sites (N-methyl/N-ethyl adjacent to an activating group) is 1. The Hall–Kier alpha value is -4.57. The molecule has 2 aromatic rings. The van der Waals surface area contributed by atoms with Crippen molar-refractivity contribution in [2.75, 3.05) is 27.2 Å². The number of cyclic esters (lactones) is 1. The first-order valence-electron chi connectivity index (χ1n) is 20.5.